The van der Waals surface area contributed by atoms with Gasteiger partial charge in [0.2, 0.25) is 0 Å². The van der Waals surface area contributed by atoms with E-state index in [1.807, 2.05) is 11.3 Å². The number of hydrogen-bond acceptors (Lipinski definition) is 2. The molecule has 0 atom stereocenters. The summed E-state index contributed by atoms with van der Waals surface area (Å²) in [6, 6.07) is 82.3. The van der Waals surface area contributed by atoms with Crippen LogP contribution in [-0.4, -0.2) is 0 Å². The molecule has 0 amide bonds. The van der Waals surface area contributed by atoms with Crippen LogP contribution in [0.4, 0.5) is 17.1 Å². The van der Waals surface area contributed by atoms with E-state index >= 15 is 0 Å². The van der Waals surface area contributed by atoms with E-state index in [9.17, 15) is 0 Å². The lowest BCUT2D eigenvalue weighted by molar-refractivity contribution is 0.778. The first-order valence-corrected chi connectivity index (χ1v) is 20.4. The van der Waals surface area contributed by atoms with E-state index in [2.05, 4.69) is 229 Å². The molecule has 57 heavy (non-hydrogen) atoms. The van der Waals surface area contributed by atoms with Crippen molar-refractivity contribution in [3.8, 4) is 33.4 Å². The van der Waals surface area contributed by atoms with Gasteiger partial charge in [0.1, 0.15) is 0 Å². The molecule has 0 N–H and O–H groups in total. The molecular formula is C55H37NS. The second-order valence-electron chi connectivity index (χ2n) is 14.8. The van der Waals surface area contributed by atoms with E-state index in [1.54, 1.807) is 0 Å². The average molecular weight is 744 g/mol. The lowest BCUT2D eigenvalue weighted by Gasteiger charge is -2.34. The summed E-state index contributed by atoms with van der Waals surface area (Å²) in [5, 5.41) is 2.55. The Morgan fingerprint density at radius 3 is 1.35 bits per heavy atom. The lowest BCUT2D eigenvalue weighted by atomic mass is 9.67. The summed E-state index contributed by atoms with van der Waals surface area (Å²) in [6.07, 6.45) is 0. The van der Waals surface area contributed by atoms with Crippen LogP contribution in [0.1, 0.15) is 22.3 Å². The van der Waals surface area contributed by atoms with Crippen LogP contribution in [0.25, 0.3) is 53.6 Å². The van der Waals surface area contributed by atoms with Crippen molar-refractivity contribution < 1.29 is 0 Å². The van der Waals surface area contributed by atoms with Crippen LogP contribution in [-0.2, 0) is 5.41 Å². The fourth-order valence-electron chi connectivity index (χ4n) is 9.22. The van der Waals surface area contributed by atoms with Crippen molar-refractivity contribution in [2.24, 2.45) is 0 Å². The third-order valence-corrected chi connectivity index (χ3v) is 13.0. The third-order valence-electron chi connectivity index (χ3n) is 11.8. The Bertz CT molecular complexity index is 2910. The highest BCUT2D eigenvalue weighted by atomic mass is 32.1. The van der Waals surface area contributed by atoms with Gasteiger partial charge < -0.3 is 4.90 Å². The number of thiophene rings is 1. The topological polar surface area (TPSA) is 3.24 Å². The Morgan fingerprint density at radius 2 is 0.789 bits per heavy atom. The number of anilines is 3. The van der Waals surface area contributed by atoms with E-state index < -0.39 is 5.41 Å². The fourth-order valence-corrected chi connectivity index (χ4v) is 10.5. The van der Waals surface area contributed by atoms with Crippen LogP contribution >= 0.6 is 11.3 Å². The highest BCUT2D eigenvalue weighted by molar-refractivity contribution is 7.26. The van der Waals surface area contributed by atoms with Gasteiger partial charge in [-0.3, -0.25) is 0 Å². The van der Waals surface area contributed by atoms with Crippen molar-refractivity contribution in [3.05, 3.63) is 247 Å². The molecule has 1 heterocycles. The summed E-state index contributed by atoms with van der Waals surface area (Å²) in [7, 11) is 0. The molecule has 0 saturated heterocycles. The Labute approximate surface area is 337 Å². The Hall–Kier alpha value is -7.00. The van der Waals surface area contributed by atoms with Gasteiger partial charge in [-0.1, -0.05) is 182 Å². The van der Waals surface area contributed by atoms with E-state index in [4.69, 9.17) is 0 Å². The zero-order valence-corrected chi connectivity index (χ0v) is 32.0. The molecule has 0 fully saturated rings. The number of fused-ring (bicyclic) bond motifs is 6. The minimum Gasteiger partial charge on any atom is -0.310 e. The van der Waals surface area contributed by atoms with E-state index in [0.29, 0.717) is 0 Å². The zero-order valence-electron chi connectivity index (χ0n) is 31.2. The summed E-state index contributed by atoms with van der Waals surface area (Å²) in [5.74, 6) is 0. The van der Waals surface area contributed by atoms with Crippen molar-refractivity contribution in [3.63, 3.8) is 0 Å². The Kier molecular flexibility index (Phi) is 7.98. The molecule has 0 saturated carbocycles. The van der Waals surface area contributed by atoms with Gasteiger partial charge in [-0.2, -0.15) is 0 Å². The molecular weight excluding hydrogens is 707 g/mol. The summed E-state index contributed by atoms with van der Waals surface area (Å²) in [6.45, 7) is 0. The summed E-state index contributed by atoms with van der Waals surface area (Å²) in [4.78, 5) is 2.39. The summed E-state index contributed by atoms with van der Waals surface area (Å²) >= 11 is 1.91. The summed E-state index contributed by atoms with van der Waals surface area (Å²) < 4.78 is 2.61. The van der Waals surface area contributed by atoms with Crippen LogP contribution in [0.15, 0.2) is 224 Å². The first-order chi connectivity index (χ1) is 28.3. The van der Waals surface area contributed by atoms with Gasteiger partial charge in [-0.05, 0) is 98.1 Å². The molecule has 0 radical (unpaired) electrons. The second-order valence-corrected chi connectivity index (χ2v) is 15.9. The Balaban J connectivity index is 1.10. The molecule has 2 heteroatoms. The number of benzene rings is 9. The van der Waals surface area contributed by atoms with Crippen LogP contribution in [0.5, 0.6) is 0 Å². The largest absolute Gasteiger partial charge is 0.310 e. The van der Waals surface area contributed by atoms with E-state index in [0.717, 1.165) is 17.1 Å². The lowest BCUT2D eigenvalue weighted by Crippen LogP contribution is -2.28. The number of rotatable bonds is 7. The predicted molar refractivity (Wildman–Crippen MR) is 242 cm³/mol. The smallest absolute Gasteiger partial charge is 0.0727 e. The number of nitrogens with zero attached hydrogens (tertiary/aromatic N) is 1. The monoisotopic (exact) mass is 743 g/mol. The van der Waals surface area contributed by atoms with Gasteiger partial charge >= 0.3 is 0 Å². The molecule has 1 aliphatic carbocycles. The molecule has 10 aromatic rings. The predicted octanol–water partition coefficient (Wildman–Crippen LogP) is 15.2. The van der Waals surface area contributed by atoms with Crippen molar-refractivity contribution in [2.75, 3.05) is 4.90 Å². The van der Waals surface area contributed by atoms with Gasteiger partial charge in [0.05, 0.1) is 5.41 Å². The van der Waals surface area contributed by atoms with Crippen LogP contribution in [0.3, 0.4) is 0 Å². The van der Waals surface area contributed by atoms with E-state index in [-0.39, 0.29) is 0 Å². The standard InChI is InChI=1S/C55H37NS/c1-4-15-38(16-5-1)40-27-31-43(32-28-40)56(44-33-29-41(30-34-44)39-17-6-2-7-18-39)45-35-36-53-49(37-45)48-23-14-26-52(54(48)57-53)55(42-19-8-3-9-20-42)50-24-12-10-21-46(50)47-22-11-13-25-51(47)55/h1-37H. The van der Waals surface area contributed by atoms with Gasteiger partial charge in [0.25, 0.3) is 0 Å². The van der Waals surface area contributed by atoms with Crippen molar-refractivity contribution in [1.82, 2.24) is 0 Å². The highest BCUT2D eigenvalue weighted by Crippen LogP contribution is 2.58. The minimum atomic E-state index is -0.454. The van der Waals surface area contributed by atoms with Crippen LogP contribution in [0, 0.1) is 0 Å². The first-order valence-electron chi connectivity index (χ1n) is 19.6. The van der Waals surface area contributed by atoms with Gasteiger partial charge in [0, 0.05) is 37.2 Å². The molecule has 268 valence electrons. The van der Waals surface area contributed by atoms with Crippen LogP contribution < -0.4 is 4.90 Å². The Morgan fingerprint density at radius 1 is 0.333 bits per heavy atom. The molecule has 11 rings (SSSR count). The summed E-state index contributed by atoms with van der Waals surface area (Å²) in [5.41, 5.74) is 15.7. The molecule has 9 aromatic carbocycles. The quantitative estimate of drug-likeness (QED) is 0.157. The molecule has 0 spiro atoms. The van der Waals surface area contributed by atoms with Crippen molar-refractivity contribution in [1.29, 1.82) is 0 Å². The molecule has 0 aliphatic heterocycles. The maximum Gasteiger partial charge on any atom is 0.0727 e. The van der Waals surface area contributed by atoms with Crippen LogP contribution in [0.2, 0.25) is 0 Å². The zero-order chi connectivity index (χ0) is 37.8. The first kappa shape index (κ1) is 33.3. The van der Waals surface area contributed by atoms with Crippen molar-refractivity contribution in [2.45, 2.75) is 5.41 Å². The van der Waals surface area contributed by atoms with E-state index in [1.165, 1.54) is 75.8 Å². The average Bonchev–Trinajstić information content (AvgIpc) is 3.82. The molecule has 1 aromatic heterocycles. The van der Waals surface area contributed by atoms with Crippen molar-refractivity contribution >= 4 is 48.6 Å². The maximum absolute atomic E-state index is 2.40. The SMILES string of the molecule is c1ccc(-c2ccc(N(c3ccc(-c4ccccc4)cc3)c3ccc4sc5c(C6(c7ccccc7)c7ccccc7-c7ccccc76)cccc5c4c3)cc2)cc1. The molecule has 0 unspecified atom stereocenters. The van der Waals surface area contributed by atoms with Gasteiger partial charge in [0.15, 0.2) is 0 Å². The highest BCUT2D eigenvalue weighted by Gasteiger charge is 2.47. The molecule has 0 bridgehead atoms. The van der Waals surface area contributed by atoms with Gasteiger partial charge in [-0.25, -0.2) is 0 Å². The molecule has 1 aliphatic rings. The fraction of sp³-hybridized carbons (Fsp3) is 0.0182. The molecule has 1 nitrogen and oxygen atoms in total. The van der Waals surface area contributed by atoms with Gasteiger partial charge in [-0.15, -0.1) is 11.3 Å². The minimum absolute atomic E-state index is 0.454. The third kappa shape index (κ3) is 5.37. The maximum atomic E-state index is 2.40. The second kappa shape index (κ2) is 13.6. The number of hydrogen-bond donors (Lipinski definition) is 0. The normalized spacial score (nSPS) is 12.7.